The average molecular weight is 345 g/mol. The van der Waals surface area contributed by atoms with Gasteiger partial charge in [-0.05, 0) is 26.0 Å². The van der Waals surface area contributed by atoms with Crippen molar-refractivity contribution in [1.82, 2.24) is 14.5 Å². The molecule has 0 bridgehead atoms. The van der Waals surface area contributed by atoms with Crippen LogP contribution in [-0.4, -0.2) is 39.4 Å². The number of hydrogen-bond acceptors (Lipinski definition) is 6. The van der Waals surface area contributed by atoms with Gasteiger partial charge in [-0.3, -0.25) is 10.8 Å². The van der Waals surface area contributed by atoms with Gasteiger partial charge in [0.15, 0.2) is 5.82 Å². The van der Waals surface area contributed by atoms with Gasteiger partial charge in [0.1, 0.15) is 11.5 Å². The van der Waals surface area contributed by atoms with E-state index in [0.29, 0.717) is 24.7 Å². The highest BCUT2D eigenvalue weighted by molar-refractivity contribution is 6.01. The molecule has 0 radical (unpaired) electrons. The standard InChI is InChI=1S/C17H20FN5O2/c1-3-24-14(10-16(20)25-4-2)12(19)11-23-9-8-21-17(23)13-6-5-7-15(18)22-13/h5-10,19-20H,3-4,11H2,1-2H3/b14-10+,19-12?,20-16?. The van der Waals surface area contributed by atoms with Crippen molar-refractivity contribution in [2.45, 2.75) is 20.4 Å². The van der Waals surface area contributed by atoms with E-state index in [1.165, 1.54) is 12.1 Å². The number of halogens is 1. The molecule has 7 nitrogen and oxygen atoms in total. The van der Waals surface area contributed by atoms with E-state index in [2.05, 4.69) is 9.97 Å². The Morgan fingerprint density at radius 2 is 2.00 bits per heavy atom. The highest BCUT2D eigenvalue weighted by atomic mass is 19.1. The van der Waals surface area contributed by atoms with Crippen molar-refractivity contribution in [3.63, 3.8) is 0 Å². The maximum Gasteiger partial charge on any atom is 0.213 e. The highest BCUT2D eigenvalue weighted by Gasteiger charge is 2.14. The molecule has 25 heavy (non-hydrogen) atoms. The van der Waals surface area contributed by atoms with Gasteiger partial charge in [0, 0.05) is 18.5 Å². The molecule has 2 aromatic rings. The maximum absolute atomic E-state index is 13.3. The maximum atomic E-state index is 13.3. The largest absolute Gasteiger partial charge is 0.492 e. The number of imidazole rings is 1. The van der Waals surface area contributed by atoms with Crippen LogP contribution in [0.2, 0.25) is 0 Å². The molecule has 0 saturated carbocycles. The van der Waals surface area contributed by atoms with Gasteiger partial charge in [-0.2, -0.15) is 4.39 Å². The van der Waals surface area contributed by atoms with E-state index < -0.39 is 5.95 Å². The minimum atomic E-state index is -0.595. The number of nitrogens with zero attached hydrogens (tertiary/aromatic N) is 3. The Morgan fingerprint density at radius 1 is 1.24 bits per heavy atom. The molecule has 2 N–H and O–H groups in total. The summed E-state index contributed by atoms with van der Waals surface area (Å²) in [6.07, 6.45) is 4.60. The van der Waals surface area contributed by atoms with Gasteiger partial charge >= 0.3 is 0 Å². The van der Waals surface area contributed by atoms with E-state index in [0.717, 1.165) is 0 Å². The molecule has 2 heterocycles. The van der Waals surface area contributed by atoms with Crippen LogP contribution in [0, 0.1) is 16.8 Å². The Hall–Kier alpha value is -3.03. The van der Waals surface area contributed by atoms with E-state index in [9.17, 15) is 4.39 Å². The first kappa shape index (κ1) is 18.3. The third-order valence-electron chi connectivity index (χ3n) is 3.15. The minimum absolute atomic E-state index is 0.0756. The molecule has 0 fully saturated rings. The van der Waals surface area contributed by atoms with E-state index in [1.807, 2.05) is 0 Å². The Bertz CT molecular complexity index is 785. The Morgan fingerprint density at radius 3 is 2.68 bits per heavy atom. The first-order chi connectivity index (χ1) is 12.0. The molecule has 0 aliphatic heterocycles. The van der Waals surface area contributed by atoms with Crippen molar-refractivity contribution in [2.75, 3.05) is 13.2 Å². The summed E-state index contributed by atoms with van der Waals surface area (Å²) in [5.74, 6) is 0.0170. The monoisotopic (exact) mass is 345 g/mol. The molecule has 0 aliphatic carbocycles. The van der Waals surface area contributed by atoms with Gasteiger partial charge in [0.2, 0.25) is 11.8 Å². The average Bonchev–Trinajstić information content (AvgIpc) is 3.02. The summed E-state index contributed by atoms with van der Waals surface area (Å²) < 4.78 is 25.5. The molecule has 0 amide bonds. The molecule has 0 atom stereocenters. The van der Waals surface area contributed by atoms with Crippen molar-refractivity contribution >= 4 is 11.6 Å². The number of hydrogen-bond donors (Lipinski definition) is 2. The van der Waals surface area contributed by atoms with E-state index in [-0.39, 0.29) is 23.9 Å². The lowest BCUT2D eigenvalue weighted by atomic mass is 10.2. The first-order valence-electron chi connectivity index (χ1n) is 7.82. The molecular formula is C17H20FN5O2. The van der Waals surface area contributed by atoms with Crippen molar-refractivity contribution in [3.8, 4) is 11.5 Å². The second-order valence-corrected chi connectivity index (χ2v) is 4.94. The predicted octanol–water partition coefficient (Wildman–Crippen LogP) is 3.04. The number of pyridine rings is 1. The summed E-state index contributed by atoms with van der Waals surface area (Å²) in [5, 5.41) is 16.0. The summed E-state index contributed by atoms with van der Waals surface area (Å²) in [7, 11) is 0. The second kappa shape index (κ2) is 8.72. The van der Waals surface area contributed by atoms with Crippen LogP contribution < -0.4 is 0 Å². The summed E-state index contributed by atoms with van der Waals surface area (Å²) in [6.45, 7) is 4.43. The van der Waals surface area contributed by atoms with Crippen LogP contribution in [0.15, 0.2) is 42.4 Å². The van der Waals surface area contributed by atoms with Crippen molar-refractivity contribution in [2.24, 2.45) is 0 Å². The van der Waals surface area contributed by atoms with E-state index >= 15 is 0 Å². The predicted molar refractivity (Wildman–Crippen MR) is 92.2 cm³/mol. The lowest BCUT2D eigenvalue weighted by molar-refractivity contribution is 0.246. The number of allylic oxidation sites excluding steroid dienone is 1. The van der Waals surface area contributed by atoms with Crippen molar-refractivity contribution in [3.05, 3.63) is 48.4 Å². The van der Waals surface area contributed by atoms with Gasteiger partial charge in [0.25, 0.3) is 0 Å². The smallest absolute Gasteiger partial charge is 0.213 e. The quantitative estimate of drug-likeness (QED) is 0.333. The number of ether oxygens (including phenoxy) is 2. The fourth-order valence-electron chi connectivity index (χ4n) is 2.14. The molecule has 0 spiro atoms. The third kappa shape index (κ3) is 4.97. The molecular weight excluding hydrogens is 325 g/mol. The summed E-state index contributed by atoms with van der Waals surface area (Å²) in [6, 6.07) is 4.46. The molecule has 0 unspecified atom stereocenters. The lowest BCUT2D eigenvalue weighted by Gasteiger charge is -2.13. The topological polar surface area (TPSA) is 96.9 Å². The Balaban J connectivity index is 2.22. The van der Waals surface area contributed by atoms with Crippen LogP contribution in [0.5, 0.6) is 0 Å². The van der Waals surface area contributed by atoms with Gasteiger partial charge in [-0.15, -0.1) is 0 Å². The summed E-state index contributed by atoms with van der Waals surface area (Å²) in [4.78, 5) is 8.00. The number of nitrogens with one attached hydrogen (secondary N) is 2. The molecule has 0 aliphatic rings. The van der Waals surface area contributed by atoms with Gasteiger partial charge < -0.3 is 14.0 Å². The number of rotatable bonds is 8. The van der Waals surface area contributed by atoms with Crippen LogP contribution in [0.3, 0.4) is 0 Å². The second-order valence-electron chi connectivity index (χ2n) is 4.94. The van der Waals surface area contributed by atoms with Crippen LogP contribution in [0.1, 0.15) is 13.8 Å². The van der Waals surface area contributed by atoms with Crippen LogP contribution in [-0.2, 0) is 16.0 Å². The van der Waals surface area contributed by atoms with Gasteiger partial charge in [-0.25, -0.2) is 9.97 Å². The van der Waals surface area contributed by atoms with Crippen LogP contribution in [0.25, 0.3) is 11.5 Å². The molecule has 132 valence electrons. The number of aromatic nitrogens is 3. The normalized spacial score (nSPS) is 11.2. The fraction of sp³-hybridized carbons (Fsp3) is 0.294. The molecule has 0 aromatic carbocycles. The van der Waals surface area contributed by atoms with Gasteiger partial charge in [0.05, 0.1) is 25.5 Å². The highest BCUT2D eigenvalue weighted by Crippen LogP contribution is 2.16. The third-order valence-corrected chi connectivity index (χ3v) is 3.15. The lowest BCUT2D eigenvalue weighted by Crippen LogP contribution is -2.16. The van der Waals surface area contributed by atoms with Crippen LogP contribution >= 0.6 is 0 Å². The van der Waals surface area contributed by atoms with Crippen LogP contribution in [0.4, 0.5) is 4.39 Å². The summed E-state index contributed by atoms with van der Waals surface area (Å²) in [5.41, 5.74) is 0.517. The fourth-order valence-corrected chi connectivity index (χ4v) is 2.14. The zero-order chi connectivity index (χ0) is 18.2. The molecule has 2 aromatic heterocycles. The Labute approximate surface area is 145 Å². The SMILES string of the molecule is CCOC(=N)/C=C(/OCC)C(=N)Cn1ccnc1-c1cccc(F)n1. The minimum Gasteiger partial charge on any atom is -0.492 e. The zero-order valence-corrected chi connectivity index (χ0v) is 14.1. The molecule has 2 rings (SSSR count). The Kier molecular flexibility index (Phi) is 6.39. The van der Waals surface area contributed by atoms with E-state index in [4.69, 9.17) is 20.3 Å². The summed E-state index contributed by atoms with van der Waals surface area (Å²) >= 11 is 0. The van der Waals surface area contributed by atoms with Gasteiger partial charge in [-0.1, -0.05) is 6.07 Å². The van der Waals surface area contributed by atoms with Crippen molar-refractivity contribution in [1.29, 1.82) is 10.8 Å². The molecule has 0 saturated heterocycles. The van der Waals surface area contributed by atoms with E-state index in [1.54, 1.807) is 42.9 Å². The zero-order valence-electron chi connectivity index (χ0n) is 14.1. The molecule has 8 heteroatoms. The van der Waals surface area contributed by atoms with Crippen molar-refractivity contribution < 1.29 is 13.9 Å². The first-order valence-corrected chi connectivity index (χ1v) is 7.82.